The lowest BCUT2D eigenvalue weighted by atomic mass is 9.70. The van der Waals surface area contributed by atoms with Crippen LogP contribution in [0.2, 0.25) is 5.02 Å². The van der Waals surface area contributed by atoms with Gasteiger partial charge in [-0.15, -0.1) is 0 Å². The van der Waals surface area contributed by atoms with Gasteiger partial charge in [0, 0.05) is 29.1 Å². The number of hydrogen-bond acceptors (Lipinski definition) is 7. The van der Waals surface area contributed by atoms with Crippen LogP contribution in [0.3, 0.4) is 0 Å². The number of ether oxygens (including phenoxy) is 3. The number of β-lactam (4-membered cyclic amide) rings is 1. The number of hydrogen-bond donors (Lipinski definition) is 1. The van der Waals surface area contributed by atoms with Gasteiger partial charge in [0.05, 0.1) is 12.5 Å². The fourth-order valence-electron chi connectivity index (χ4n) is 6.22. The van der Waals surface area contributed by atoms with Crippen LogP contribution in [0.5, 0.6) is 11.5 Å². The predicted molar refractivity (Wildman–Crippen MR) is 166 cm³/mol. The van der Waals surface area contributed by atoms with E-state index in [4.69, 9.17) is 31.5 Å². The number of rotatable bonds is 7. The zero-order valence-electron chi connectivity index (χ0n) is 24.7. The summed E-state index contributed by atoms with van der Waals surface area (Å²) in [6.07, 6.45) is 0.122. The zero-order chi connectivity index (χ0) is 31.2. The molecule has 3 atom stereocenters. The first-order valence-corrected chi connectivity index (χ1v) is 14.9. The summed E-state index contributed by atoms with van der Waals surface area (Å²) in [5.41, 5.74) is 8.90. The Kier molecular flexibility index (Phi) is 7.60. The van der Waals surface area contributed by atoms with Crippen molar-refractivity contribution in [2.24, 2.45) is 11.1 Å². The second-order valence-electron chi connectivity index (χ2n) is 11.9. The van der Waals surface area contributed by atoms with Crippen molar-refractivity contribution in [3.05, 3.63) is 112 Å². The standard InChI is InChI=1S/C35H32ClN3O5/c1-4-42-24-15-11-23(12-16-24)39-31(21-5-9-22(36)10-6-21)32(34(39)41)43-25-13-7-20(8-14-25)29-26(19-37)33(38)44-28-18-35(2,3)17-27(40)30(28)29/h5-16,29,31-32H,4,17-18,38H2,1-3H3/t29?,31-,32+/m0/s1. The molecule has 0 spiro atoms. The number of nitriles is 1. The van der Waals surface area contributed by atoms with Gasteiger partial charge in [-0.2, -0.15) is 5.26 Å². The Bertz CT molecular complexity index is 1720. The summed E-state index contributed by atoms with van der Waals surface area (Å²) >= 11 is 6.16. The molecule has 0 saturated carbocycles. The SMILES string of the molecule is CCOc1ccc(N2C(=O)[C@H](Oc3ccc(C4C(C#N)=C(N)OC5=C4C(=O)CC(C)(C)C5)cc3)[C@@H]2c2ccc(Cl)cc2)cc1. The summed E-state index contributed by atoms with van der Waals surface area (Å²) in [6, 6.07) is 23.6. The number of ketones is 1. The molecule has 9 heteroatoms. The van der Waals surface area contributed by atoms with E-state index in [2.05, 4.69) is 6.07 Å². The average Bonchev–Trinajstić information content (AvgIpc) is 2.99. The molecule has 0 aromatic heterocycles. The van der Waals surface area contributed by atoms with Gasteiger partial charge in [0.2, 0.25) is 12.0 Å². The van der Waals surface area contributed by atoms with E-state index in [-0.39, 0.29) is 28.6 Å². The average molecular weight is 610 g/mol. The highest BCUT2D eigenvalue weighted by molar-refractivity contribution is 6.30. The third kappa shape index (κ3) is 5.29. The third-order valence-corrected chi connectivity index (χ3v) is 8.49. The molecular formula is C35H32ClN3O5. The van der Waals surface area contributed by atoms with E-state index < -0.39 is 18.1 Å². The van der Waals surface area contributed by atoms with Crippen molar-refractivity contribution < 1.29 is 23.8 Å². The third-order valence-electron chi connectivity index (χ3n) is 8.24. The molecule has 1 fully saturated rings. The second-order valence-corrected chi connectivity index (χ2v) is 12.4. The maximum absolute atomic E-state index is 13.5. The van der Waals surface area contributed by atoms with E-state index >= 15 is 0 Å². The quantitative estimate of drug-likeness (QED) is 0.296. The van der Waals surface area contributed by atoms with Crippen molar-refractivity contribution in [2.45, 2.75) is 51.7 Å². The molecule has 3 aliphatic rings. The van der Waals surface area contributed by atoms with Crippen molar-refractivity contribution >= 4 is 29.0 Å². The minimum absolute atomic E-state index is 0.0160. The minimum Gasteiger partial charge on any atom is -0.494 e. The molecule has 2 heterocycles. The summed E-state index contributed by atoms with van der Waals surface area (Å²) in [4.78, 5) is 28.5. The summed E-state index contributed by atoms with van der Waals surface area (Å²) < 4.78 is 17.7. The number of carbonyl (C=O) groups excluding carboxylic acids is 2. The lowest BCUT2D eigenvalue weighted by Gasteiger charge is -2.46. The van der Waals surface area contributed by atoms with E-state index in [1.807, 2.05) is 57.2 Å². The largest absolute Gasteiger partial charge is 0.494 e. The van der Waals surface area contributed by atoms with Gasteiger partial charge in [-0.25, -0.2) is 0 Å². The smallest absolute Gasteiger partial charge is 0.271 e. The molecule has 224 valence electrons. The van der Waals surface area contributed by atoms with Crippen molar-refractivity contribution in [2.75, 3.05) is 11.5 Å². The van der Waals surface area contributed by atoms with Crippen molar-refractivity contribution in [1.29, 1.82) is 5.26 Å². The van der Waals surface area contributed by atoms with E-state index in [9.17, 15) is 14.9 Å². The monoisotopic (exact) mass is 609 g/mol. The molecule has 1 amide bonds. The molecule has 0 radical (unpaired) electrons. The molecule has 2 aliphatic heterocycles. The summed E-state index contributed by atoms with van der Waals surface area (Å²) in [6.45, 7) is 6.48. The van der Waals surface area contributed by atoms with Crippen LogP contribution in [-0.4, -0.2) is 24.4 Å². The number of halogens is 1. The molecular weight excluding hydrogens is 578 g/mol. The maximum Gasteiger partial charge on any atom is 0.271 e. The van der Waals surface area contributed by atoms with Gasteiger partial charge in [0.1, 0.15) is 34.9 Å². The van der Waals surface area contributed by atoms with Crippen LogP contribution in [0.1, 0.15) is 56.7 Å². The number of Topliss-reactive ketones (excluding diaryl/α,β-unsaturated/α-hetero) is 1. The Labute approximate surface area is 261 Å². The van der Waals surface area contributed by atoms with Crippen molar-refractivity contribution in [3.63, 3.8) is 0 Å². The topological polar surface area (TPSA) is 115 Å². The first kappa shape index (κ1) is 29.3. The fourth-order valence-corrected chi connectivity index (χ4v) is 6.35. The van der Waals surface area contributed by atoms with Gasteiger partial charge in [-0.3, -0.25) is 14.5 Å². The van der Waals surface area contributed by atoms with E-state index in [0.717, 1.165) is 17.0 Å². The van der Waals surface area contributed by atoms with Gasteiger partial charge in [0.25, 0.3) is 5.91 Å². The normalized spacial score (nSPS) is 22.5. The molecule has 1 aliphatic carbocycles. The molecule has 1 unspecified atom stereocenters. The van der Waals surface area contributed by atoms with Crippen molar-refractivity contribution in [1.82, 2.24) is 0 Å². The number of benzene rings is 3. The first-order chi connectivity index (χ1) is 21.1. The van der Waals surface area contributed by atoms with Gasteiger partial charge < -0.3 is 19.9 Å². The molecule has 6 rings (SSSR count). The van der Waals surface area contributed by atoms with Gasteiger partial charge in [-0.1, -0.05) is 49.7 Å². The Morgan fingerprint density at radius 3 is 2.25 bits per heavy atom. The van der Waals surface area contributed by atoms with Crippen LogP contribution in [-0.2, 0) is 14.3 Å². The number of anilines is 1. The molecule has 0 bridgehead atoms. The van der Waals surface area contributed by atoms with Gasteiger partial charge in [-0.05, 0) is 72.0 Å². The minimum atomic E-state index is -0.779. The first-order valence-electron chi connectivity index (χ1n) is 14.5. The Balaban J connectivity index is 1.28. The number of allylic oxidation sites excluding steroid dienone is 3. The van der Waals surface area contributed by atoms with Crippen molar-refractivity contribution in [3.8, 4) is 17.6 Å². The lowest BCUT2D eigenvalue weighted by Crippen LogP contribution is -2.61. The Morgan fingerprint density at radius 2 is 1.61 bits per heavy atom. The molecule has 3 aromatic carbocycles. The van der Waals surface area contributed by atoms with Crippen LogP contribution in [0.25, 0.3) is 0 Å². The maximum atomic E-state index is 13.5. The number of nitrogens with zero attached hydrogens (tertiary/aromatic N) is 2. The Morgan fingerprint density at radius 1 is 0.977 bits per heavy atom. The number of amides is 1. The van der Waals surface area contributed by atoms with Crippen LogP contribution < -0.4 is 20.1 Å². The van der Waals surface area contributed by atoms with Crippen LogP contribution in [0, 0.1) is 16.7 Å². The zero-order valence-corrected chi connectivity index (χ0v) is 25.4. The van der Waals surface area contributed by atoms with Crippen LogP contribution in [0.15, 0.2) is 95.6 Å². The molecule has 2 N–H and O–H groups in total. The highest BCUT2D eigenvalue weighted by Gasteiger charge is 2.51. The van der Waals surface area contributed by atoms with Crippen LogP contribution >= 0.6 is 11.6 Å². The van der Waals surface area contributed by atoms with E-state index in [1.165, 1.54) is 0 Å². The summed E-state index contributed by atoms with van der Waals surface area (Å²) in [7, 11) is 0. The molecule has 8 nitrogen and oxygen atoms in total. The molecule has 44 heavy (non-hydrogen) atoms. The van der Waals surface area contributed by atoms with E-state index in [1.54, 1.807) is 41.3 Å². The highest BCUT2D eigenvalue weighted by atomic mass is 35.5. The summed E-state index contributed by atoms with van der Waals surface area (Å²) in [5.74, 6) is 0.865. The van der Waals surface area contributed by atoms with Crippen LogP contribution in [0.4, 0.5) is 5.69 Å². The predicted octanol–water partition coefficient (Wildman–Crippen LogP) is 6.73. The number of nitrogens with two attached hydrogens (primary N) is 1. The lowest BCUT2D eigenvalue weighted by molar-refractivity contribution is -0.135. The molecule has 1 saturated heterocycles. The number of carbonyl (C=O) groups is 2. The highest BCUT2D eigenvalue weighted by Crippen LogP contribution is 2.48. The van der Waals surface area contributed by atoms with Gasteiger partial charge >= 0.3 is 0 Å². The molecule has 3 aromatic rings. The van der Waals surface area contributed by atoms with Gasteiger partial charge in [0.15, 0.2) is 5.78 Å². The second kappa shape index (κ2) is 11.4. The fraction of sp³-hybridized carbons (Fsp3) is 0.286. The van der Waals surface area contributed by atoms with E-state index in [0.29, 0.717) is 47.1 Å². The Hall–Kier alpha value is -4.74. The summed E-state index contributed by atoms with van der Waals surface area (Å²) in [5, 5.41) is 10.5.